The normalized spacial score (nSPS) is 9.09. The summed E-state index contributed by atoms with van der Waals surface area (Å²) in [5.41, 5.74) is 5.93. The van der Waals surface area contributed by atoms with Crippen LogP contribution in [0.1, 0.15) is 20.7 Å². The third kappa shape index (κ3) is 1.64. The van der Waals surface area contributed by atoms with Gasteiger partial charge in [-0.2, -0.15) is 0 Å². The second-order valence-corrected chi connectivity index (χ2v) is 2.10. The van der Waals surface area contributed by atoms with Gasteiger partial charge in [-0.05, 0) is 12.1 Å². The minimum absolute atomic E-state index is 0.413. The van der Waals surface area contributed by atoms with E-state index in [1.54, 1.807) is 12.1 Å². The van der Waals surface area contributed by atoms with Crippen LogP contribution in [0.25, 0.3) is 0 Å². The number of carbonyl (C=O) groups excluding carboxylic acids is 2. The largest absolute Gasteiger partial charge is 0.366 e. The molecule has 0 saturated carbocycles. The molecule has 11 heavy (non-hydrogen) atoms. The molecule has 0 aromatic heterocycles. The Morgan fingerprint density at radius 2 is 1.82 bits per heavy atom. The molecular formula is C8H7NO2. The first-order valence-electron chi connectivity index (χ1n) is 3.09. The smallest absolute Gasteiger partial charge is 0.248 e. The summed E-state index contributed by atoms with van der Waals surface area (Å²) >= 11 is 0. The molecule has 0 saturated heterocycles. The fourth-order valence-corrected chi connectivity index (χ4v) is 0.726. The van der Waals surface area contributed by atoms with Crippen LogP contribution in [-0.4, -0.2) is 12.2 Å². The van der Waals surface area contributed by atoms with Crippen molar-refractivity contribution in [3.63, 3.8) is 0 Å². The van der Waals surface area contributed by atoms with E-state index in [0.29, 0.717) is 17.4 Å². The highest BCUT2D eigenvalue weighted by molar-refractivity contribution is 5.93. The summed E-state index contributed by atoms with van der Waals surface area (Å²) in [4.78, 5) is 20.7. The van der Waals surface area contributed by atoms with Crippen LogP contribution < -0.4 is 5.73 Å². The monoisotopic (exact) mass is 149 g/mol. The molecule has 0 aliphatic carbocycles. The zero-order chi connectivity index (χ0) is 8.27. The van der Waals surface area contributed by atoms with Gasteiger partial charge in [-0.1, -0.05) is 12.1 Å². The third-order valence-corrected chi connectivity index (χ3v) is 1.33. The number of nitrogens with two attached hydrogens (primary N) is 1. The first-order chi connectivity index (χ1) is 5.24. The molecule has 0 aliphatic rings. The standard InChI is InChI=1S/C8H7NO2/c9-8(11)7-3-1-6(5-10)2-4-7/h1-5H,(H2,9,11). The molecule has 0 spiro atoms. The lowest BCUT2D eigenvalue weighted by Gasteiger charge is -1.93. The van der Waals surface area contributed by atoms with Crippen molar-refractivity contribution in [3.8, 4) is 0 Å². The number of hydrogen-bond acceptors (Lipinski definition) is 2. The molecule has 0 heterocycles. The van der Waals surface area contributed by atoms with Gasteiger partial charge in [0.2, 0.25) is 5.91 Å². The zero-order valence-electron chi connectivity index (χ0n) is 5.78. The summed E-state index contributed by atoms with van der Waals surface area (Å²) in [6.45, 7) is 0. The summed E-state index contributed by atoms with van der Waals surface area (Å²) in [5, 5.41) is 0. The SMILES string of the molecule is NC(=O)c1ccc(C=O)cc1. The van der Waals surface area contributed by atoms with E-state index in [0.717, 1.165) is 0 Å². The third-order valence-electron chi connectivity index (χ3n) is 1.33. The highest BCUT2D eigenvalue weighted by atomic mass is 16.1. The van der Waals surface area contributed by atoms with Gasteiger partial charge in [0.15, 0.2) is 0 Å². The van der Waals surface area contributed by atoms with Crippen molar-refractivity contribution in [2.75, 3.05) is 0 Å². The number of aldehydes is 1. The summed E-state index contributed by atoms with van der Waals surface area (Å²) in [5.74, 6) is -0.484. The second kappa shape index (κ2) is 2.96. The molecule has 1 aromatic rings. The molecule has 0 radical (unpaired) electrons. The van der Waals surface area contributed by atoms with Crippen molar-refractivity contribution in [3.05, 3.63) is 35.4 Å². The Kier molecular flexibility index (Phi) is 2.01. The van der Waals surface area contributed by atoms with E-state index in [2.05, 4.69) is 0 Å². The number of carbonyl (C=O) groups is 2. The zero-order valence-corrected chi connectivity index (χ0v) is 5.78. The van der Waals surface area contributed by atoms with Gasteiger partial charge in [0.1, 0.15) is 6.29 Å². The second-order valence-electron chi connectivity index (χ2n) is 2.10. The average Bonchev–Trinajstić information content (AvgIpc) is 2.05. The van der Waals surface area contributed by atoms with Crippen molar-refractivity contribution < 1.29 is 9.59 Å². The maximum atomic E-state index is 10.5. The van der Waals surface area contributed by atoms with Gasteiger partial charge in [-0.25, -0.2) is 0 Å². The van der Waals surface area contributed by atoms with E-state index in [4.69, 9.17) is 5.73 Å². The van der Waals surface area contributed by atoms with Crippen molar-refractivity contribution in [2.45, 2.75) is 0 Å². The number of rotatable bonds is 2. The number of amides is 1. The molecule has 0 fully saturated rings. The van der Waals surface area contributed by atoms with Crippen LogP contribution in [0.5, 0.6) is 0 Å². The maximum Gasteiger partial charge on any atom is 0.248 e. The Labute approximate surface area is 63.8 Å². The van der Waals surface area contributed by atoms with E-state index in [1.165, 1.54) is 12.1 Å². The summed E-state index contributed by atoms with van der Waals surface area (Å²) in [7, 11) is 0. The van der Waals surface area contributed by atoms with Gasteiger partial charge in [0.05, 0.1) is 0 Å². The molecule has 1 aromatic carbocycles. The lowest BCUT2D eigenvalue weighted by molar-refractivity contribution is 0.0999. The lowest BCUT2D eigenvalue weighted by Crippen LogP contribution is -2.10. The topological polar surface area (TPSA) is 60.2 Å². The predicted octanol–water partition coefficient (Wildman–Crippen LogP) is 0.598. The molecule has 3 heteroatoms. The van der Waals surface area contributed by atoms with Crippen LogP contribution in [0.3, 0.4) is 0 Å². The Morgan fingerprint density at radius 3 is 2.18 bits per heavy atom. The van der Waals surface area contributed by atoms with Crippen LogP contribution in [0.4, 0.5) is 0 Å². The first-order valence-corrected chi connectivity index (χ1v) is 3.09. The van der Waals surface area contributed by atoms with E-state index < -0.39 is 5.91 Å². The first kappa shape index (κ1) is 7.47. The minimum atomic E-state index is -0.484. The quantitative estimate of drug-likeness (QED) is 0.626. The molecular weight excluding hydrogens is 142 g/mol. The van der Waals surface area contributed by atoms with E-state index in [-0.39, 0.29) is 0 Å². The van der Waals surface area contributed by atoms with Gasteiger partial charge >= 0.3 is 0 Å². The molecule has 1 rings (SSSR count). The Hall–Kier alpha value is -1.64. The maximum absolute atomic E-state index is 10.5. The Morgan fingerprint density at radius 1 is 1.27 bits per heavy atom. The average molecular weight is 149 g/mol. The Balaban J connectivity index is 3.00. The molecule has 0 unspecified atom stereocenters. The highest BCUT2D eigenvalue weighted by Gasteiger charge is 1.97. The molecule has 0 bridgehead atoms. The van der Waals surface area contributed by atoms with Crippen LogP contribution in [0.15, 0.2) is 24.3 Å². The van der Waals surface area contributed by atoms with Crippen LogP contribution in [0.2, 0.25) is 0 Å². The van der Waals surface area contributed by atoms with Crippen LogP contribution in [0, 0.1) is 0 Å². The van der Waals surface area contributed by atoms with Gasteiger partial charge < -0.3 is 5.73 Å². The predicted molar refractivity (Wildman–Crippen MR) is 40.3 cm³/mol. The van der Waals surface area contributed by atoms with Gasteiger partial charge in [0.25, 0.3) is 0 Å². The minimum Gasteiger partial charge on any atom is -0.366 e. The molecule has 0 atom stereocenters. The van der Waals surface area contributed by atoms with Gasteiger partial charge in [0, 0.05) is 11.1 Å². The number of hydrogen-bond donors (Lipinski definition) is 1. The summed E-state index contributed by atoms with van der Waals surface area (Å²) < 4.78 is 0. The number of benzene rings is 1. The Bertz CT molecular complexity index is 277. The van der Waals surface area contributed by atoms with Crippen LogP contribution in [-0.2, 0) is 0 Å². The number of primary amides is 1. The lowest BCUT2D eigenvalue weighted by atomic mass is 10.1. The molecule has 0 aliphatic heterocycles. The van der Waals surface area contributed by atoms with E-state index in [9.17, 15) is 9.59 Å². The fourth-order valence-electron chi connectivity index (χ4n) is 0.726. The molecule has 1 amide bonds. The van der Waals surface area contributed by atoms with E-state index in [1.807, 2.05) is 0 Å². The highest BCUT2D eigenvalue weighted by Crippen LogP contribution is 2.00. The van der Waals surface area contributed by atoms with Crippen molar-refractivity contribution in [1.82, 2.24) is 0 Å². The van der Waals surface area contributed by atoms with Crippen LogP contribution >= 0.6 is 0 Å². The van der Waals surface area contributed by atoms with Gasteiger partial charge in [-0.15, -0.1) is 0 Å². The van der Waals surface area contributed by atoms with Crippen molar-refractivity contribution >= 4 is 12.2 Å². The summed E-state index contributed by atoms with van der Waals surface area (Å²) in [6, 6.07) is 6.14. The van der Waals surface area contributed by atoms with Gasteiger partial charge in [-0.3, -0.25) is 9.59 Å². The molecule has 56 valence electrons. The van der Waals surface area contributed by atoms with E-state index >= 15 is 0 Å². The van der Waals surface area contributed by atoms with Crippen molar-refractivity contribution in [2.24, 2.45) is 5.73 Å². The fraction of sp³-hybridized carbons (Fsp3) is 0. The summed E-state index contributed by atoms with van der Waals surface area (Å²) in [6.07, 6.45) is 0.713. The molecule has 3 nitrogen and oxygen atoms in total. The van der Waals surface area contributed by atoms with Crippen molar-refractivity contribution in [1.29, 1.82) is 0 Å². The molecule has 2 N–H and O–H groups in total.